The lowest BCUT2D eigenvalue weighted by Gasteiger charge is -2.27. The van der Waals surface area contributed by atoms with Gasteiger partial charge in [0.15, 0.2) is 5.65 Å². The molecule has 1 aliphatic carbocycles. The van der Waals surface area contributed by atoms with Crippen LogP contribution in [0.25, 0.3) is 5.65 Å². The standard InChI is InChI=1S/C23H26N4O4/c1-23(2)12-14-10-18(26-22(29)17-13-25-27-9-3-8-24-21(17)27)20(11-19(14)31-23)30-16-6-4-15(28)5-7-16/h3,8-11,13,15-16,28H,4-7,12H2,1-2H3,(H,26,29)/t15-,16+. The summed E-state index contributed by atoms with van der Waals surface area (Å²) in [6.07, 6.45) is 8.36. The maximum atomic E-state index is 13.1. The number of fused-ring (bicyclic) bond motifs is 2. The molecule has 1 fully saturated rings. The van der Waals surface area contributed by atoms with Crippen LogP contribution in [0, 0.1) is 0 Å². The quantitative estimate of drug-likeness (QED) is 0.669. The molecule has 1 amide bonds. The van der Waals surface area contributed by atoms with Crippen molar-refractivity contribution in [2.75, 3.05) is 5.32 Å². The molecule has 1 saturated carbocycles. The minimum Gasteiger partial charge on any atom is -0.488 e. The van der Waals surface area contributed by atoms with Crippen LogP contribution in [0.2, 0.25) is 0 Å². The van der Waals surface area contributed by atoms with Crippen molar-refractivity contribution >= 4 is 17.2 Å². The van der Waals surface area contributed by atoms with Crippen molar-refractivity contribution in [2.24, 2.45) is 0 Å². The predicted octanol–water partition coefficient (Wildman–Crippen LogP) is 3.38. The predicted molar refractivity (Wildman–Crippen MR) is 115 cm³/mol. The molecule has 162 valence electrons. The molecule has 3 aromatic rings. The first-order valence-corrected chi connectivity index (χ1v) is 10.7. The SMILES string of the molecule is CC1(C)Cc2cc(NC(=O)c3cnn4cccnc34)c(O[C@H]3CC[C@@H](O)CC3)cc2O1. The smallest absolute Gasteiger partial charge is 0.261 e. The van der Waals surface area contributed by atoms with Crippen LogP contribution in [0.4, 0.5) is 5.69 Å². The van der Waals surface area contributed by atoms with Crippen molar-refractivity contribution in [3.63, 3.8) is 0 Å². The minimum atomic E-state index is -0.302. The van der Waals surface area contributed by atoms with Crippen molar-refractivity contribution < 1.29 is 19.4 Å². The Kier molecular flexibility index (Phi) is 4.81. The first-order valence-electron chi connectivity index (χ1n) is 10.7. The molecule has 0 atom stereocenters. The summed E-state index contributed by atoms with van der Waals surface area (Å²) in [7, 11) is 0. The lowest BCUT2D eigenvalue weighted by Crippen LogP contribution is -2.27. The molecule has 2 aliphatic rings. The zero-order chi connectivity index (χ0) is 21.6. The van der Waals surface area contributed by atoms with Gasteiger partial charge in [0.2, 0.25) is 0 Å². The van der Waals surface area contributed by atoms with Gasteiger partial charge >= 0.3 is 0 Å². The number of carbonyl (C=O) groups excluding carboxylic acids is 1. The minimum absolute atomic E-state index is 0.00911. The second kappa shape index (κ2) is 7.53. The molecule has 1 aliphatic heterocycles. The van der Waals surface area contributed by atoms with E-state index in [4.69, 9.17) is 9.47 Å². The second-order valence-corrected chi connectivity index (χ2v) is 8.94. The third-order valence-corrected chi connectivity index (χ3v) is 5.87. The van der Waals surface area contributed by atoms with Gasteiger partial charge in [0.05, 0.1) is 24.1 Å². The van der Waals surface area contributed by atoms with E-state index >= 15 is 0 Å². The fraction of sp³-hybridized carbons (Fsp3) is 0.435. The van der Waals surface area contributed by atoms with Gasteiger partial charge in [-0.25, -0.2) is 9.50 Å². The van der Waals surface area contributed by atoms with E-state index in [1.54, 1.807) is 23.0 Å². The Balaban J connectivity index is 1.45. The van der Waals surface area contributed by atoms with Gasteiger partial charge in [-0.1, -0.05) is 0 Å². The maximum Gasteiger partial charge on any atom is 0.261 e. The van der Waals surface area contributed by atoms with Crippen LogP contribution in [0.1, 0.15) is 55.5 Å². The van der Waals surface area contributed by atoms with Crippen LogP contribution >= 0.6 is 0 Å². The van der Waals surface area contributed by atoms with E-state index in [1.807, 2.05) is 26.0 Å². The fourth-order valence-electron chi connectivity index (χ4n) is 4.35. The third-order valence-electron chi connectivity index (χ3n) is 5.87. The molecule has 2 aromatic heterocycles. The lowest BCUT2D eigenvalue weighted by atomic mass is 9.95. The monoisotopic (exact) mass is 422 g/mol. The number of aromatic nitrogens is 3. The number of carbonyl (C=O) groups is 1. The Bertz CT molecular complexity index is 1130. The fourth-order valence-corrected chi connectivity index (χ4v) is 4.35. The molecule has 8 nitrogen and oxygen atoms in total. The third kappa shape index (κ3) is 3.95. The Morgan fingerprint density at radius 3 is 2.90 bits per heavy atom. The van der Waals surface area contributed by atoms with Crippen LogP contribution in [0.5, 0.6) is 11.5 Å². The zero-order valence-electron chi connectivity index (χ0n) is 17.7. The summed E-state index contributed by atoms with van der Waals surface area (Å²) in [5, 5.41) is 17.0. The van der Waals surface area contributed by atoms with Gasteiger partial charge in [0, 0.05) is 30.4 Å². The Hall–Kier alpha value is -3.13. The number of nitrogens with zero attached hydrogens (tertiary/aromatic N) is 3. The molecule has 0 spiro atoms. The largest absolute Gasteiger partial charge is 0.488 e. The van der Waals surface area contributed by atoms with E-state index in [9.17, 15) is 9.90 Å². The molecule has 31 heavy (non-hydrogen) atoms. The van der Waals surface area contributed by atoms with Crippen LogP contribution < -0.4 is 14.8 Å². The number of aliphatic hydroxyl groups is 1. The highest BCUT2D eigenvalue weighted by Gasteiger charge is 2.32. The first-order chi connectivity index (χ1) is 14.9. The van der Waals surface area contributed by atoms with Gasteiger partial charge in [-0.15, -0.1) is 0 Å². The van der Waals surface area contributed by atoms with E-state index in [1.165, 1.54) is 6.20 Å². The Morgan fingerprint density at radius 1 is 1.29 bits per heavy atom. The van der Waals surface area contributed by atoms with Gasteiger partial charge in [-0.2, -0.15) is 5.10 Å². The van der Waals surface area contributed by atoms with Crippen LogP contribution in [0.3, 0.4) is 0 Å². The van der Waals surface area contributed by atoms with Crippen LogP contribution in [-0.2, 0) is 6.42 Å². The van der Waals surface area contributed by atoms with Gasteiger partial charge in [-0.3, -0.25) is 4.79 Å². The summed E-state index contributed by atoms with van der Waals surface area (Å²) in [5.41, 5.74) is 2.22. The molecule has 1 aromatic carbocycles. The highest BCUT2D eigenvalue weighted by molar-refractivity contribution is 6.08. The Morgan fingerprint density at radius 2 is 2.10 bits per heavy atom. The summed E-state index contributed by atoms with van der Waals surface area (Å²) in [4.78, 5) is 17.3. The average molecular weight is 422 g/mol. The number of nitrogens with one attached hydrogen (secondary N) is 1. The van der Waals surface area contributed by atoms with Gasteiger partial charge in [-0.05, 0) is 51.7 Å². The highest BCUT2D eigenvalue weighted by atomic mass is 16.5. The maximum absolute atomic E-state index is 13.1. The van der Waals surface area contributed by atoms with E-state index in [-0.39, 0.29) is 23.7 Å². The number of ether oxygens (including phenoxy) is 2. The number of aliphatic hydroxyl groups excluding tert-OH is 1. The molecule has 5 rings (SSSR count). The number of benzene rings is 1. The van der Waals surface area contributed by atoms with Crippen molar-refractivity contribution in [1.82, 2.24) is 14.6 Å². The summed E-state index contributed by atoms with van der Waals surface area (Å²) in [6.45, 7) is 4.08. The molecule has 0 radical (unpaired) electrons. The van der Waals surface area contributed by atoms with Crippen molar-refractivity contribution in [3.05, 3.63) is 47.9 Å². The highest BCUT2D eigenvalue weighted by Crippen LogP contribution is 2.42. The van der Waals surface area contributed by atoms with E-state index in [2.05, 4.69) is 15.4 Å². The van der Waals surface area contributed by atoms with Gasteiger partial charge in [0.1, 0.15) is 22.7 Å². The van der Waals surface area contributed by atoms with E-state index < -0.39 is 0 Å². The number of hydrogen-bond donors (Lipinski definition) is 2. The van der Waals surface area contributed by atoms with Crippen molar-refractivity contribution in [2.45, 2.75) is 63.8 Å². The number of hydrogen-bond acceptors (Lipinski definition) is 6. The van der Waals surface area contributed by atoms with Crippen LogP contribution in [0.15, 0.2) is 36.8 Å². The molecule has 8 heteroatoms. The van der Waals surface area contributed by atoms with Gasteiger partial charge < -0.3 is 19.9 Å². The molecule has 0 bridgehead atoms. The second-order valence-electron chi connectivity index (χ2n) is 8.94. The number of amides is 1. The number of rotatable bonds is 4. The van der Waals surface area contributed by atoms with Crippen molar-refractivity contribution in [3.8, 4) is 11.5 Å². The van der Waals surface area contributed by atoms with E-state index in [0.717, 1.165) is 43.4 Å². The topological polar surface area (TPSA) is 98.0 Å². The molecule has 0 saturated heterocycles. The summed E-state index contributed by atoms with van der Waals surface area (Å²) in [6, 6.07) is 5.57. The lowest BCUT2D eigenvalue weighted by molar-refractivity contribution is 0.0665. The first kappa shape index (κ1) is 19.8. The normalized spacial score (nSPS) is 22.0. The summed E-state index contributed by atoms with van der Waals surface area (Å²) < 4.78 is 13.9. The molecule has 0 unspecified atom stereocenters. The number of anilines is 1. The summed E-state index contributed by atoms with van der Waals surface area (Å²) >= 11 is 0. The molecule has 3 heterocycles. The van der Waals surface area contributed by atoms with Crippen LogP contribution in [-0.4, -0.2) is 43.4 Å². The molecular weight excluding hydrogens is 396 g/mol. The molecular formula is C23H26N4O4. The zero-order valence-corrected chi connectivity index (χ0v) is 17.7. The Labute approximate surface area is 180 Å². The average Bonchev–Trinajstić information content (AvgIpc) is 3.29. The summed E-state index contributed by atoms with van der Waals surface area (Å²) in [5.74, 6) is 1.07. The molecule has 2 N–H and O–H groups in total. The van der Waals surface area contributed by atoms with Crippen molar-refractivity contribution in [1.29, 1.82) is 0 Å². The van der Waals surface area contributed by atoms with Gasteiger partial charge in [0.25, 0.3) is 5.91 Å². The van der Waals surface area contributed by atoms with E-state index in [0.29, 0.717) is 22.6 Å².